The average Bonchev–Trinajstić information content (AvgIpc) is 2.32. The van der Waals surface area contributed by atoms with Crippen LogP contribution in [0.5, 0.6) is 0 Å². The quantitative estimate of drug-likeness (QED) is 0.725. The first-order valence-electron chi connectivity index (χ1n) is 5.29. The van der Waals surface area contributed by atoms with Crippen LogP contribution in [0.15, 0.2) is 54.9 Å². The minimum absolute atomic E-state index is 1.19. The van der Waals surface area contributed by atoms with Gasteiger partial charge in [0.25, 0.3) is 0 Å². The van der Waals surface area contributed by atoms with Crippen molar-refractivity contribution in [3.05, 3.63) is 60.4 Å². The minimum atomic E-state index is 1.19. The van der Waals surface area contributed by atoms with Crippen LogP contribution >= 0.6 is 0 Å². The van der Waals surface area contributed by atoms with E-state index in [-0.39, 0.29) is 0 Å². The highest BCUT2D eigenvalue weighted by Gasteiger charge is 1.88. The fourth-order valence-corrected chi connectivity index (χ4v) is 1.18. The molecule has 0 fully saturated rings. The van der Waals surface area contributed by atoms with Gasteiger partial charge in [-0.05, 0) is 19.1 Å². The number of aromatic nitrogens is 1. The normalized spacial score (nSPS) is 8.94. The molecule has 2 rings (SSSR count). The molecule has 0 aliphatic carbocycles. The second-order valence-electron chi connectivity index (χ2n) is 3.75. The SMILES string of the molecule is CN(C)c1ccncc1.Cc1ccccc1. The Bertz CT molecular complexity index is 382. The van der Waals surface area contributed by atoms with E-state index in [0.717, 1.165) is 0 Å². The summed E-state index contributed by atoms with van der Waals surface area (Å²) in [5.41, 5.74) is 2.51. The van der Waals surface area contributed by atoms with Gasteiger partial charge in [-0.15, -0.1) is 0 Å². The molecule has 84 valence electrons. The number of rotatable bonds is 1. The molecule has 2 heteroatoms. The van der Waals surface area contributed by atoms with E-state index in [0.29, 0.717) is 0 Å². The Morgan fingerprint density at radius 3 is 1.75 bits per heavy atom. The molecular formula is C14H18N2. The van der Waals surface area contributed by atoms with Gasteiger partial charge in [0.1, 0.15) is 0 Å². The van der Waals surface area contributed by atoms with Gasteiger partial charge >= 0.3 is 0 Å². The first-order valence-corrected chi connectivity index (χ1v) is 5.29. The van der Waals surface area contributed by atoms with Gasteiger partial charge in [0.2, 0.25) is 0 Å². The highest BCUT2D eigenvalue weighted by Crippen LogP contribution is 2.05. The molecule has 0 atom stereocenters. The molecule has 0 saturated carbocycles. The number of aryl methyl sites for hydroxylation is 1. The molecule has 0 aliphatic rings. The van der Waals surface area contributed by atoms with Gasteiger partial charge in [0.15, 0.2) is 0 Å². The smallest absolute Gasteiger partial charge is 0.0391 e. The van der Waals surface area contributed by atoms with Crippen LogP contribution in [0.3, 0.4) is 0 Å². The fraction of sp³-hybridized carbons (Fsp3) is 0.214. The maximum Gasteiger partial charge on any atom is 0.0391 e. The molecule has 16 heavy (non-hydrogen) atoms. The van der Waals surface area contributed by atoms with Crippen molar-refractivity contribution < 1.29 is 0 Å². The molecule has 0 radical (unpaired) electrons. The molecule has 0 spiro atoms. The molecular weight excluding hydrogens is 196 g/mol. The topological polar surface area (TPSA) is 16.1 Å². The summed E-state index contributed by atoms with van der Waals surface area (Å²) < 4.78 is 0. The maximum atomic E-state index is 3.90. The van der Waals surface area contributed by atoms with E-state index in [1.54, 1.807) is 12.4 Å². The van der Waals surface area contributed by atoms with E-state index in [1.165, 1.54) is 11.3 Å². The lowest BCUT2D eigenvalue weighted by Gasteiger charge is -2.10. The number of nitrogens with zero attached hydrogens (tertiary/aromatic N) is 2. The van der Waals surface area contributed by atoms with Crippen molar-refractivity contribution in [3.8, 4) is 0 Å². The zero-order chi connectivity index (χ0) is 11.8. The number of benzene rings is 1. The van der Waals surface area contributed by atoms with Crippen molar-refractivity contribution in [3.63, 3.8) is 0 Å². The van der Waals surface area contributed by atoms with E-state index in [1.807, 2.05) is 49.3 Å². The predicted molar refractivity (Wildman–Crippen MR) is 69.7 cm³/mol. The molecule has 2 aromatic rings. The van der Waals surface area contributed by atoms with Gasteiger partial charge in [-0.2, -0.15) is 0 Å². The third-order valence-corrected chi connectivity index (χ3v) is 2.12. The predicted octanol–water partition coefficient (Wildman–Crippen LogP) is 3.14. The summed E-state index contributed by atoms with van der Waals surface area (Å²) in [6.45, 7) is 2.08. The summed E-state index contributed by atoms with van der Waals surface area (Å²) in [7, 11) is 4.02. The zero-order valence-corrected chi connectivity index (χ0v) is 10.1. The van der Waals surface area contributed by atoms with Crippen molar-refractivity contribution >= 4 is 5.69 Å². The van der Waals surface area contributed by atoms with Crippen molar-refractivity contribution in [1.82, 2.24) is 4.98 Å². The Hall–Kier alpha value is -1.83. The Morgan fingerprint density at radius 1 is 0.875 bits per heavy atom. The van der Waals surface area contributed by atoms with Crippen molar-refractivity contribution in [2.24, 2.45) is 0 Å². The standard InChI is InChI=1S/C7H10N2.C7H8/c1-9(2)7-3-5-8-6-4-7;1-7-5-3-2-4-6-7/h3-6H,1-2H3;2-6H,1H3. The number of hydrogen-bond acceptors (Lipinski definition) is 2. The van der Waals surface area contributed by atoms with Crippen LogP contribution in [-0.2, 0) is 0 Å². The first-order chi connectivity index (χ1) is 7.70. The minimum Gasteiger partial charge on any atom is -0.378 e. The zero-order valence-electron chi connectivity index (χ0n) is 10.1. The summed E-state index contributed by atoms with van der Waals surface area (Å²) in [4.78, 5) is 5.94. The molecule has 1 aromatic heterocycles. The Balaban J connectivity index is 0.000000165. The molecule has 0 unspecified atom stereocenters. The summed E-state index contributed by atoms with van der Waals surface area (Å²) in [6, 6.07) is 14.2. The van der Waals surface area contributed by atoms with Crippen LogP contribution in [-0.4, -0.2) is 19.1 Å². The summed E-state index contributed by atoms with van der Waals surface area (Å²) >= 11 is 0. The Labute approximate surface area is 97.6 Å². The maximum absolute atomic E-state index is 3.90. The van der Waals surface area contributed by atoms with Crippen molar-refractivity contribution in [1.29, 1.82) is 0 Å². The third-order valence-electron chi connectivity index (χ3n) is 2.12. The second-order valence-corrected chi connectivity index (χ2v) is 3.75. The average molecular weight is 214 g/mol. The van der Waals surface area contributed by atoms with Crippen LogP contribution in [0.2, 0.25) is 0 Å². The molecule has 0 N–H and O–H groups in total. The van der Waals surface area contributed by atoms with E-state index >= 15 is 0 Å². The van der Waals surface area contributed by atoms with E-state index in [4.69, 9.17) is 0 Å². The molecule has 0 bridgehead atoms. The third kappa shape index (κ3) is 4.60. The highest BCUT2D eigenvalue weighted by molar-refractivity contribution is 5.42. The van der Waals surface area contributed by atoms with Crippen LogP contribution in [0.1, 0.15) is 5.56 Å². The van der Waals surface area contributed by atoms with Crippen LogP contribution in [0.25, 0.3) is 0 Å². The Morgan fingerprint density at radius 2 is 1.44 bits per heavy atom. The van der Waals surface area contributed by atoms with Crippen LogP contribution in [0.4, 0.5) is 5.69 Å². The van der Waals surface area contributed by atoms with Gasteiger partial charge in [0.05, 0.1) is 0 Å². The molecule has 0 amide bonds. The Kier molecular flexibility index (Phi) is 5.06. The van der Waals surface area contributed by atoms with Crippen LogP contribution < -0.4 is 4.90 Å². The lowest BCUT2D eigenvalue weighted by molar-refractivity contribution is 1.12. The van der Waals surface area contributed by atoms with Crippen molar-refractivity contribution in [2.75, 3.05) is 19.0 Å². The molecule has 0 aliphatic heterocycles. The van der Waals surface area contributed by atoms with Crippen molar-refractivity contribution in [2.45, 2.75) is 6.92 Å². The van der Waals surface area contributed by atoms with E-state index in [9.17, 15) is 0 Å². The van der Waals surface area contributed by atoms with Gasteiger partial charge in [-0.1, -0.05) is 35.9 Å². The lowest BCUT2D eigenvalue weighted by Crippen LogP contribution is -2.07. The summed E-state index contributed by atoms with van der Waals surface area (Å²) in [5, 5.41) is 0. The van der Waals surface area contributed by atoms with Gasteiger partial charge < -0.3 is 4.90 Å². The van der Waals surface area contributed by atoms with Crippen LogP contribution in [0, 0.1) is 6.92 Å². The lowest BCUT2D eigenvalue weighted by atomic mass is 10.2. The van der Waals surface area contributed by atoms with Gasteiger partial charge in [-0.25, -0.2) is 0 Å². The summed E-state index contributed by atoms with van der Waals surface area (Å²) in [5.74, 6) is 0. The second kappa shape index (κ2) is 6.62. The first kappa shape index (κ1) is 12.2. The number of pyridine rings is 1. The molecule has 1 heterocycles. The summed E-state index contributed by atoms with van der Waals surface area (Å²) in [6.07, 6.45) is 3.57. The fourth-order valence-electron chi connectivity index (χ4n) is 1.18. The largest absolute Gasteiger partial charge is 0.378 e. The van der Waals surface area contributed by atoms with Gasteiger partial charge in [-0.3, -0.25) is 4.98 Å². The van der Waals surface area contributed by atoms with Gasteiger partial charge in [0, 0.05) is 32.2 Å². The monoisotopic (exact) mass is 214 g/mol. The molecule has 1 aromatic carbocycles. The highest BCUT2D eigenvalue weighted by atomic mass is 15.1. The van der Waals surface area contributed by atoms with E-state index < -0.39 is 0 Å². The number of hydrogen-bond donors (Lipinski definition) is 0. The molecule has 2 nitrogen and oxygen atoms in total. The molecule has 0 saturated heterocycles. The van der Waals surface area contributed by atoms with E-state index in [2.05, 4.69) is 24.0 Å². The number of anilines is 1.